The number of anilines is 1. The first kappa shape index (κ1) is 13.1. The monoisotopic (exact) mass is 284 g/mol. The minimum absolute atomic E-state index is 0.354. The van der Waals surface area contributed by atoms with Crippen molar-refractivity contribution in [3.8, 4) is 5.69 Å². The number of nitrogens with one attached hydrogen (secondary N) is 1. The minimum Gasteiger partial charge on any atom is -0.399 e. The Morgan fingerprint density at radius 2 is 1.95 bits per heavy atom. The summed E-state index contributed by atoms with van der Waals surface area (Å²) in [5.74, 6) is 0.185. The molecule has 3 N–H and O–H groups in total. The van der Waals surface area contributed by atoms with Crippen molar-refractivity contribution >= 4 is 5.69 Å². The third-order valence-corrected chi connectivity index (χ3v) is 3.14. The van der Waals surface area contributed by atoms with E-state index in [-0.39, 0.29) is 11.5 Å². The number of H-pyrrole nitrogens is 1. The molecule has 0 amide bonds. The van der Waals surface area contributed by atoms with E-state index in [1.165, 1.54) is 28.8 Å². The van der Waals surface area contributed by atoms with Crippen LogP contribution >= 0.6 is 0 Å². The maximum absolute atomic E-state index is 13.0. The maximum atomic E-state index is 13.0. The van der Waals surface area contributed by atoms with Gasteiger partial charge in [-0.1, -0.05) is 12.1 Å². The molecule has 0 unspecified atom stereocenters. The molecule has 3 aromatic rings. The Hall–Kier alpha value is -2.89. The smallest absolute Gasteiger partial charge is 0.347 e. The van der Waals surface area contributed by atoms with E-state index in [2.05, 4.69) is 10.2 Å². The fourth-order valence-corrected chi connectivity index (χ4v) is 2.19. The summed E-state index contributed by atoms with van der Waals surface area (Å²) in [6.07, 6.45) is 0.446. The second kappa shape index (κ2) is 5.24. The van der Waals surface area contributed by atoms with E-state index in [0.717, 1.165) is 5.56 Å². The average Bonchev–Trinajstić information content (AvgIpc) is 2.81. The lowest BCUT2D eigenvalue weighted by molar-refractivity contribution is 0.627. The molecule has 5 nitrogen and oxygen atoms in total. The van der Waals surface area contributed by atoms with E-state index in [1.54, 1.807) is 6.07 Å². The van der Waals surface area contributed by atoms with Crippen LogP contribution in [0, 0.1) is 5.82 Å². The lowest BCUT2D eigenvalue weighted by Crippen LogP contribution is -2.17. The molecule has 0 saturated heterocycles. The zero-order chi connectivity index (χ0) is 14.8. The van der Waals surface area contributed by atoms with Crippen molar-refractivity contribution < 1.29 is 4.39 Å². The highest BCUT2D eigenvalue weighted by Crippen LogP contribution is 2.13. The van der Waals surface area contributed by atoms with Crippen LogP contribution in [0.4, 0.5) is 10.1 Å². The Morgan fingerprint density at radius 3 is 2.67 bits per heavy atom. The van der Waals surface area contributed by atoms with Crippen molar-refractivity contribution in [1.82, 2.24) is 14.8 Å². The van der Waals surface area contributed by atoms with Crippen LogP contribution in [0.2, 0.25) is 0 Å². The summed E-state index contributed by atoms with van der Waals surface area (Å²) in [6, 6.07) is 13.1. The summed E-state index contributed by atoms with van der Waals surface area (Å²) in [6.45, 7) is 0. The van der Waals surface area contributed by atoms with Gasteiger partial charge in [0.05, 0.1) is 5.69 Å². The van der Waals surface area contributed by atoms with Gasteiger partial charge in [-0.15, -0.1) is 0 Å². The number of halogens is 1. The molecule has 0 saturated carbocycles. The molecule has 1 heterocycles. The van der Waals surface area contributed by atoms with Gasteiger partial charge >= 0.3 is 5.69 Å². The molecule has 6 heteroatoms. The Kier molecular flexibility index (Phi) is 3.27. The Bertz CT molecular complexity index is 820. The Balaban J connectivity index is 2.01. The van der Waals surface area contributed by atoms with Gasteiger partial charge in [0, 0.05) is 12.1 Å². The molecular weight excluding hydrogens is 271 g/mol. The maximum Gasteiger partial charge on any atom is 0.347 e. The molecule has 0 aliphatic carbocycles. The number of hydrogen-bond donors (Lipinski definition) is 2. The van der Waals surface area contributed by atoms with Gasteiger partial charge in [0.1, 0.15) is 11.6 Å². The molecule has 0 fully saturated rings. The number of benzene rings is 2. The van der Waals surface area contributed by atoms with E-state index in [4.69, 9.17) is 5.73 Å². The molecule has 0 aliphatic rings. The summed E-state index contributed by atoms with van der Waals surface area (Å²) < 4.78 is 14.4. The lowest BCUT2D eigenvalue weighted by Gasteiger charge is -2.06. The van der Waals surface area contributed by atoms with Gasteiger partial charge in [0.25, 0.3) is 0 Å². The van der Waals surface area contributed by atoms with Crippen molar-refractivity contribution in [3.05, 3.63) is 76.2 Å². The number of nitrogens with zero attached hydrogens (tertiary/aromatic N) is 2. The summed E-state index contributed by atoms with van der Waals surface area (Å²) in [5, 5.41) is 6.45. The highest BCUT2D eigenvalue weighted by Gasteiger charge is 2.11. The molecule has 0 atom stereocenters. The molecule has 106 valence electrons. The first-order chi connectivity index (χ1) is 10.1. The van der Waals surface area contributed by atoms with Crippen LogP contribution in [0.3, 0.4) is 0 Å². The van der Waals surface area contributed by atoms with Gasteiger partial charge in [0.15, 0.2) is 0 Å². The van der Waals surface area contributed by atoms with Crippen LogP contribution in [-0.4, -0.2) is 14.8 Å². The Labute approximate surface area is 119 Å². The molecular formula is C15H13FN4O. The number of aromatic nitrogens is 3. The quantitative estimate of drug-likeness (QED) is 0.721. The van der Waals surface area contributed by atoms with Crippen molar-refractivity contribution in [1.29, 1.82) is 0 Å². The Morgan fingerprint density at radius 1 is 1.19 bits per heavy atom. The predicted molar refractivity (Wildman–Crippen MR) is 77.8 cm³/mol. The van der Waals surface area contributed by atoms with Crippen LogP contribution in [0.1, 0.15) is 11.4 Å². The largest absolute Gasteiger partial charge is 0.399 e. The summed E-state index contributed by atoms with van der Waals surface area (Å²) in [7, 11) is 0. The number of nitrogens with two attached hydrogens (primary N) is 1. The normalized spacial score (nSPS) is 10.7. The number of aromatic amines is 1. The molecule has 0 bridgehead atoms. The second-order valence-corrected chi connectivity index (χ2v) is 4.68. The average molecular weight is 284 g/mol. The van der Waals surface area contributed by atoms with Crippen LogP contribution < -0.4 is 11.4 Å². The molecule has 2 aromatic carbocycles. The van der Waals surface area contributed by atoms with Crippen LogP contribution in [0.5, 0.6) is 0 Å². The number of hydrogen-bond acceptors (Lipinski definition) is 3. The molecule has 1 aromatic heterocycles. The van der Waals surface area contributed by atoms with Crippen molar-refractivity contribution in [2.75, 3.05) is 5.73 Å². The van der Waals surface area contributed by atoms with Crippen LogP contribution in [-0.2, 0) is 6.42 Å². The summed E-state index contributed by atoms with van der Waals surface area (Å²) in [4.78, 5) is 11.9. The third-order valence-electron chi connectivity index (χ3n) is 3.14. The van der Waals surface area contributed by atoms with Gasteiger partial charge in [0.2, 0.25) is 0 Å². The van der Waals surface area contributed by atoms with E-state index >= 15 is 0 Å². The number of nitrogen functional groups attached to an aromatic ring is 1. The minimum atomic E-state index is -0.361. The zero-order valence-corrected chi connectivity index (χ0v) is 11.1. The van der Waals surface area contributed by atoms with E-state index in [0.29, 0.717) is 23.6 Å². The first-order valence-electron chi connectivity index (χ1n) is 6.40. The standard InChI is InChI=1S/C15H13FN4O/c16-11-4-6-13(7-5-11)20-14(18-19-15(20)21)9-10-2-1-3-12(17)8-10/h1-8H,9,17H2,(H,19,21). The van der Waals surface area contributed by atoms with Gasteiger partial charge < -0.3 is 5.73 Å². The molecule has 0 radical (unpaired) electrons. The van der Waals surface area contributed by atoms with Crippen LogP contribution in [0.25, 0.3) is 5.69 Å². The van der Waals surface area contributed by atoms with Gasteiger partial charge in [-0.2, -0.15) is 5.10 Å². The summed E-state index contributed by atoms with van der Waals surface area (Å²) >= 11 is 0. The van der Waals surface area contributed by atoms with Gasteiger partial charge in [-0.25, -0.2) is 18.9 Å². The van der Waals surface area contributed by atoms with Gasteiger partial charge in [-0.05, 0) is 42.0 Å². The lowest BCUT2D eigenvalue weighted by atomic mass is 10.1. The molecule has 21 heavy (non-hydrogen) atoms. The number of rotatable bonds is 3. The van der Waals surface area contributed by atoms with Crippen molar-refractivity contribution in [2.24, 2.45) is 0 Å². The molecule has 0 aliphatic heterocycles. The second-order valence-electron chi connectivity index (χ2n) is 4.68. The zero-order valence-electron chi connectivity index (χ0n) is 11.1. The third kappa shape index (κ3) is 2.69. The van der Waals surface area contributed by atoms with E-state index in [1.807, 2.05) is 18.2 Å². The fraction of sp³-hybridized carbons (Fsp3) is 0.0667. The predicted octanol–water partition coefficient (Wildman–Crippen LogP) is 1.87. The van der Waals surface area contributed by atoms with E-state index < -0.39 is 0 Å². The molecule has 0 spiro atoms. The van der Waals surface area contributed by atoms with Crippen molar-refractivity contribution in [2.45, 2.75) is 6.42 Å². The SMILES string of the molecule is Nc1cccc(Cc2n[nH]c(=O)n2-c2ccc(F)cc2)c1. The fourth-order valence-electron chi connectivity index (χ4n) is 2.19. The first-order valence-corrected chi connectivity index (χ1v) is 6.40. The highest BCUT2D eigenvalue weighted by molar-refractivity contribution is 5.42. The summed E-state index contributed by atoms with van der Waals surface area (Å²) in [5.41, 5.74) is 7.54. The topological polar surface area (TPSA) is 76.7 Å². The van der Waals surface area contributed by atoms with Crippen molar-refractivity contribution in [3.63, 3.8) is 0 Å². The van der Waals surface area contributed by atoms with Gasteiger partial charge in [-0.3, -0.25) is 0 Å². The van der Waals surface area contributed by atoms with Crippen LogP contribution in [0.15, 0.2) is 53.3 Å². The molecule has 3 rings (SSSR count). The van der Waals surface area contributed by atoms with E-state index in [9.17, 15) is 9.18 Å². The highest BCUT2D eigenvalue weighted by atomic mass is 19.1.